The first-order chi connectivity index (χ1) is 6.94. The molecule has 1 aliphatic carbocycles. The highest BCUT2D eigenvalue weighted by Crippen LogP contribution is 2.57. The van der Waals surface area contributed by atoms with E-state index in [1.165, 1.54) is 12.8 Å². The number of amides is 1. The minimum absolute atomic E-state index is 0.156. The van der Waals surface area contributed by atoms with Gasteiger partial charge in [-0.2, -0.15) is 0 Å². The molecule has 86 valence electrons. The van der Waals surface area contributed by atoms with Gasteiger partial charge in [-0.05, 0) is 18.8 Å². The molecule has 0 bridgehead atoms. The van der Waals surface area contributed by atoms with Gasteiger partial charge in [-0.25, -0.2) is 0 Å². The fraction of sp³-hybridized carbons (Fsp3) is 0.917. The number of nitrogens with one attached hydrogen (secondary N) is 1. The van der Waals surface area contributed by atoms with Gasteiger partial charge >= 0.3 is 0 Å². The molecule has 2 aliphatic rings. The summed E-state index contributed by atoms with van der Waals surface area (Å²) in [5.74, 6) is 0.815. The quantitative estimate of drug-likeness (QED) is 0.753. The van der Waals surface area contributed by atoms with Crippen LogP contribution in [0.2, 0.25) is 0 Å². The summed E-state index contributed by atoms with van der Waals surface area (Å²) in [7, 11) is 0. The average molecular weight is 211 g/mol. The first-order valence-electron chi connectivity index (χ1n) is 5.80. The van der Waals surface area contributed by atoms with E-state index < -0.39 is 0 Å². The largest absolute Gasteiger partial charge is 0.381 e. The van der Waals surface area contributed by atoms with E-state index in [9.17, 15) is 4.79 Å². The normalized spacial score (nSPS) is 34.5. The van der Waals surface area contributed by atoms with Crippen LogP contribution in [-0.4, -0.2) is 25.7 Å². The first kappa shape index (κ1) is 10.9. The maximum atomic E-state index is 11.7. The third-order valence-corrected chi connectivity index (χ3v) is 3.68. The molecule has 1 heterocycles. The van der Waals surface area contributed by atoms with Crippen molar-refractivity contribution < 1.29 is 9.53 Å². The number of carbonyl (C=O) groups is 1. The van der Waals surface area contributed by atoms with Crippen LogP contribution in [0.3, 0.4) is 0 Å². The molecule has 0 aromatic carbocycles. The summed E-state index contributed by atoms with van der Waals surface area (Å²) in [6, 6.07) is 0. The van der Waals surface area contributed by atoms with E-state index in [0.717, 1.165) is 19.8 Å². The van der Waals surface area contributed by atoms with Crippen LogP contribution in [0.25, 0.3) is 0 Å². The predicted octanol–water partition coefficient (Wildman–Crippen LogP) is 1.58. The summed E-state index contributed by atoms with van der Waals surface area (Å²) in [6.07, 6.45) is 2.42. The highest BCUT2D eigenvalue weighted by Gasteiger charge is 2.55. The van der Waals surface area contributed by atoms with Gasteiger partial charge in [0.15, 0.2) is 0 Å². The second kappa shape index (κ2) is 3.48. The van der Waals surface area contributed by atoms with E-state index in [2.05, 4.69) is 5.32 Å². The monoisotopic (exact) mass is 211 g/mol. The molecular weight excluding hydrogens is 190 g/mol. The van der Waals surface area contributed by atoms with Gasteiger partial charge in [0.05, 0.1) is 6.61 Å². The Kier molecular flexibility index (Phi) is 2.53. The van der Waals surface area contributed by atoms with Gasteiger partial charge in [-0.1, -0.05) is 20.8 Å². The number of hydrogen-bond acceptors (Lipinski definition) is 2. The lowest BCUT2D eigenvalue weighted by Crippen LogP contribution is -2.36. The maximum Gasteiger partial charge on any atom is 0.225 e. The Morgan fingerprint density at radius 1 is 1.53 bits per heavy atom. The molecule has 15 heavy (non-hydrogen) atoms. The van der Waals surface area contributed by atoms with Crippen molar-refractivity contribution >= 4 is 5.91 Å². The number of carbonyl (C=O) groups excluding carboxylic acids is 1. The Morgan fingerprint density at radius 3 is 2.80 bits per heavy atom. The van der Waals surface area contributed by atoms with E-state index in [1.807, 2.05) is 20.8 Å². The molecule has 1 saturated heterocycles. The van der Waals surface area contributed by atoms with Crippen LogP contribution >= 0.6 is 0 Å². The van der Waals surface area contributed by atoms with Crippen molar-refractivity contribution in [3.63, 3.8) is 0 Å². The smallest absolute Gasteiger partial charge is 0.225 e. The third kappa shape index (κ3) is 2.17. The van der Waals surface area contributed by atoms with Gasteiger partial charge in [-0.15, -0.1) is 0 Å². The summed E-state index contributed by atoms with van der Waals surface area (Å²) < 4.78 is 5.41. The van der Waals surface area contributed by atoms with Crippen LogP contribution in [0, 0.1) is 16.7 Å². The SMILES string of the molecule is CC(C)(C)C(=O)NC[C@@H]1CC12CCOC2. The molecule has 1 amide bonds. The maximum absolute atomic E-state index is 11.7. The summed E-state index contributed by atoms with van der Waals surface area (Å²) in [6.45, 7) is 8.49. The average Bonchev–Trinajstić information content (AvgIpc) is 2.54. The van der Waals surface area contributed by atoms with E-state index in [1.54, 1.807) is 0 Å². The van der Waals surface area contributed by atoms with Crippen molar-refractivity contribution in [3.8, 4) is 0 Å². The Hall–Kier alpha value is -0.570. The molecule has 3 nitrogen and oxygen atoms in total. The Labute approximate surface area is 91.6 Å². The van der Waals surface area contributed by atoms with E-state index in [4.69, 9.17) is 4.74 Å². The van der Waals surface area contributed by atoms with E-state index in [0.29, 0.717) is 11.3 Å². The number of rotatable bonds is 2. The molecule has 1 N–H and O–H groups in total. The molecule has 1 saturated carbocycles. The van der Waals surface area contributed by atoms with Gasteiger partial charge < -0.3 is 10.1 Å². The Bertz CT molecular complexity index is 261. The standard InChI is InChI=1S/C12H21NO2/c1-11(2,3)10(14)13-7-9-6-12(9)4-5-15-8-12/h9H,4-8H2,1-3H3,(H,13,14)/t9-,12?/m0/s1. The van der Waals surface area contributed by atoms with Crippen molar-refractivity contribution in [2.75, 3.05) is 19.8 Å². The van der Waals surface area contributed by atoms with E-state index in [-0.39, 0.29) is 11.3 Å². The van der Waals surface area contributed by atoms with Gasteiger partial charge in [0.25, 0.3) is 0 Å². The second-order valence-corrected chi connectivity index (χ2v) is 6.03. The van der Waals surface area contributed by atoms with Crippen LogP contribution in [0.1, 0.15) is 33.6 Å². The molecule has 0 aromatic heterocycles. The molecule has 1 spiro atoms. The summed E-state index contributed by atoms with van der Waals surface area (Å²) >= 11 is 0. The van der Waals surface area contributed by atoms with Crippen molar-refractivity contribution in [1.82, 2.24) is 5.32 Å². The Balaban J connectivity index is 1.74. The van der Waals surface area contributed by atoms with Gasteiger partial charge in [-0.3, -0.25) is 4.79 Å². The Morgan fingerprint density at radius 2 is 2.27 bits per heavy atom. The van der Waals surface area contributed by atoms with Crippen molar-refractivity contribution in [2.24, 2.45) is 16.7 Å². The van der Waals surface area contributed by atoms with Gasteiger partial charge in [0, 0.05) is 24.0 Å². The van der Waals surface area contributed by atoms with E-state index >= 15 is 0 Å². The predicted molar refractivity (Wildman–Crippen MR) is 58.4 cm³/mol. The fourth-order valence-corrected chi connectivity index (χ4v) is 2.31. The van der Waals surface area contributed by atoms with Crippen LogP contribution in [0.15, 0.2) is 0 Å². The zero-order valence-electron chi connectivity index (χ0n) is 9.93. The lowest BCUT2D eigenvalue weighted by Gasteiger charge is -2.18. The zero-order valence-corrected chi connectivity index (χ0v) is 9.93. The minimum atomic E-state index is -0.270. The molecule has 1 aliphatic heterocycles. The lowest BCUT2D eigenvalue weighted by molar-refractivity contribution is -0.128. The van der Waals surface area contributed by atoms with Crippen LogP contribution in [0.4, 0.5) is 0 Å². The summed E-state index contributed by atoms with van der Waals surface area (Å²) in [4.78, 5) is 11.7. The molecule has 0 aromatic rings. The highest BCUT2D eigenvalue weighted by molar-refractivity contribution is 5.81. The molecular formula is C12H21NO2. The van der Waals surface area contributed by atoms with Gasteiger partial charge in [0.1, 0.15) is 0 Å². The van der Waals surface area contributed by atoms with Crippen molar-refractivity contribution in [2.45, 2.75) is 33.6 Å². The molecule has 2 atom stereocenters. The number of ether oxygens (including phenoxy) is 1. The van der Waals surface area contributed by atoms with Crippen LogP contribution < -0.4 is 5.32 Å². The van der Waals surface area contributed by atoms with Crippen molar-refractivity contribution in [1.29, 1.82) is 0 Å². The lowest BCUT2D eigenvalue weighted by atomic mass is 9.95. The minimum Gasteiger partial charge on any atom is -0.381 e. The highest BCUT2D eigenvalue weighted by atomic mass is 16.5. The molecule has 3 heteroatoms. The van der Waals surface area contributed by atoms with Crippen LogP contribution in [0.5, 0.6) is 0 Å². The first-order valence-corrected chi connectivity index (χ1v) is 5.80. The molecule has 2 rings (SSSR count). The second-order valence-electron chi connectivity index (χ2n) is 6.03. The summed E-state index contributed by atoms with van der Waals surface area (Å²) in [5.41, 5.74) is 0.166. The van der Waals surface area contributed by atoms with Crippen LogP contribution in [-0.2, 0) is 9.53 Å². The topological polar surface area (TPSA) is 38.3 Å². The third-order valence-electron chi connectivity index (χ3n) is 3.68. The fourth-order valence-electron chi connectivity index (χ4n) is 2.31. The molecule has 2 fully saturated rings. The molecule has 0 radical (unpaired) electrons. The zero-order chi connectivity index (χ0) is 11.1. The van der Waals surface area contributed by atoms with Gasteiger partial charge in [0.2, 0.25) is 5.91 Å². The summed E-state index contributed by atoms with van der Waals surface area (Å²) in [5, 5.41) is 3.04. The molecule has 1 unspecified atom stereocenters. The van der Waals surface area contributed by atoms with Crippen molar-refractivity contribution in [3.05, 3.63) is 0 Å². The number of hydrogen-bond donors (Lipinski definition) is 1.